The van der Waals surface area contributed by atoms with Crippen molar-refractivity contribution in [3.63, 3.8) is 0 Å². The molecule has 0 spiro atoms. The number of anilines is 3. The van der Waals surface area contributed by atoms with E-state index in [1.807, 2.05) is 24.3 Å². The Morgan fingerprint density at radius 1 is 1.03 bits per heavy atom. The topological polar surface area (TPSA) is 91.0 Å². The van der Waals surface area contributed by atoms with Crippen LogP contribution in [0.25, 0.3) is 0 Å². The van der Waals surface area contributed by atoms with Crippen LogP contribution in [0.3, 0.4) is 0 Å². The van der Waals surface area contributed by atoms with E-state index in [0.717, 1.165) is 23.1 Å². The van der Waals surface area contributed by atoms with Crippen molar-refractivity contribution in [2.24, 2.45) is 0 Å². The SMILES string of the molecule is CCOc1ccc(NCC(=O)Nc2ccc(N3CCCCC3)cc2)cc1S(=O)(=O)N(C)C. The van der Waals surface area contributed by atoms with Crippen molar-refractivity contribution in [1.29, 1.82) is 0 Å². The van der Waals surface area contributed by atoms with Gasteiger partial charge in [0, 0.05) is 44.2 Å². The third kappa shape index (κ3) is 5.92. The molecule has 3 rings (SSSR count). The van der Waals surface area contributed by atoms with Gasteiger partial charge < -0.3 is 20.3 Å². The lowest BCUT2D eigenvalue weighted by molar-refractivity contribution is -0.114. The summed E-state index contributed by atoms with van der Waals surface area (Å²) in [6.07, 6.45) is 3.72. The molecule has 32 heavy (non-hydrogen) atoms. The van der Waals surface area contributed by atoms with Crippen LogP contribution in [0.5, 0.6) is 5.75 Å². The molecular weight excluding hydrogens is 428 g/mol. The van der Waals surface area contributed by atoms with Gasteiger partial charge in [-0.1, -0.05) is 0 Å². The van der Waals surface area contributed by atoms with Crippen molar-refractivity contribution in [2.75, 3.05) is 55.9 Å². The second-order valence-corrected chi connectivity index (χ2v) is 10.00. The molecule has 1 fully saturated rings. The minimum absolute atomic E-state index is 0.00328. The summed E-state index contributed by atoms with van der Waals surface area (Å²) in [6.45, 7) is 4.29. The molecule has 0 aromatic heterocycles. The Kier molecular flexibility index (Phi) is 7.98. The average molecular weight is 461 g/mol. The molecule has 8 nitrogen and oxygen atoms in total. The summed E-state index contributed by atoms with van der Waals surface area (Å²) in [6, 6.07) is 12.6. The number of ether oxygens (including phenoxy) is 1. The van der Waals surface area contributed by atoms with Gasteiger partial charge in [0.25, 0.3) is 0 Å². The van der Waals surface area contributed by atoms with Crippen molar-refractivity contribution in [1.82, 2.24) is 4.31 Å². The van der Waals surface area contributed by atoms with Crippen LogP contribution in [0.1, 0.15) is 26.2 Å². The van der Waals surface area contributed by atoms with Gasteiger partial charge in [-0.2, -0.15) is 0 Å². The summed E-state index contributed by atoms with van der Waals surface area (Å²) in [4.78, 5) is 14.8. The predicted octanol–water partition coefficient (Wildman–Crippen LogP) is 3.38. The largest absolute Gasteiger partial charge is 0.492 e. The smallest absolute Gasteiger partial charge is 0.246 e. The van der Waals surface area contributed by atoms with Crippen molar-refractivity contribution >= 4 is 33.0 Å². The zero-order valence-electron chi connectivity index (χ0n) is 18.9. The highest BCUT2D eigenvalue weighted by atomic mass is 32.2. The molecule has 0 unspecified atom stereocenters. The summed E-state index contributed by atoms with van der Waals surface area (Å²) in [5, 5.41) is 5.86. The molecule has 1 amide bonds. The molecule has 2 aromatic rings. The van der Waals surface area contributed by atoms with E-state index in [1.54, 1.807) is 19.1 Å². The first-order chi connectivity index (χ1) is 15.3. The van der Waals surface area contributed by atoms with Crippen LogP contribution in [-0.4, -0.2) is 59.0 Å². The lowest BCUT2D eigenvalue weighted by atomic mass is 10.1. The third-order valence-electron chi connectivity index (χ3n) is 5.33. The molecule has 0 atom stereocenters. The molecule has 1 saturated heterocycles. The molecule has 2 aromatic carbocycles. The average Bonchev–Trinajstić information content (AvgIpc) is 2.79. The molecule has 0 radical (unpaired) electrons. The fourth-order valence-corrected chi connectivity index (χ4v) is 4.64. The van der Waals surface area contributed by atoms with Gasteiger partial charge in [0.05, 0.1) is 13.2 Å². The van der Waals surface area contributed by atoms with Crippen LogP contribution < -0.4 is 20.3 Å². The fourth-order valence-electron chi connectivity index (χ4n) is 3.59. The standard InChI is InChI=1S/C23H32N4O4S/c1-4-31-21-13-10-19(16-22(21)32(29,30)26(2)3)24-17-23(28)25-18-8-11-20(12-9-18)27-14-6-5-7-15-27/h8-13,16,24H,4-7,14-15,17H2,1-3H3,(H,25,28). The number of amides is 1. The van der Waals surface area contributed by atoms with Crippen molar-refractivity contribution in [3.8, 4) is 5.75 Å². The number of nitrogens with zero attached hydrogens (tertiary/aromatic N) is 2. The summed E-state index contributed by atoms with van der Waals surface area (Å²) in [7, 11) is -0.754. The number of rotatable bonds is 9. The Morgan fingerprint density at radius 3 is 2.31 bits per heavy atom. The van der Waals surface area contributed by atoms with Gasteiger partial charge in [0.15, 0.2) is 0 Å². The number of piperidine rings is 1. The molecule has 1 heterocycles. The summed E-state index contributed by atoms with van der Waals surface area (Å²) in [5.41, 5.74) is 2.41. The van der Waals surface area contributed by atoms with Crippen LogP contribution in [-0.2, 0) is 14.8 Å². The number of benzene rings is 2. The minimum Gasteiger partial charge on any atom is -0.492 e. The first-order valence-corrected chi connectivity index (χ1v) is 12.3. The van der Waals surface area contributed by atoms with Crippen molar-refractivity contribution in [3.05, 3.63) is 42.5 Å². The molecule has 0 aliphatic carbocycles. The Bertz CT molecular complexity index is 1020. The van der Waals surface area contributed by atoms with Gasteiger partial charge in [0.1, 0.15) is 10.6 Å². The van der Waals surface area contributed by atoms with E-state index in [0.29, 0.717) is 12.3 Å². The Hall–Kier alpha value is -2.78. The Morgan fingerprint density at radius 2 is 1.69 bits per heavy atom. The quantitative estimate of drug-likeness (QED) is 0.596. The van der Waals surface area contributed by atoms with E-state index in [4.69, 9.17) is 4.74 Å². The molecule has 2 N–H and O–H groups in total. The van der Waals surface area contributed by atoms with E-state index in [1.165, 1.54) is 45.1 Å². The lowest BCUT2D eigenvalue weighted by Gasteiger charge is -2.28. The van der Waals surface area contributed by atoms with Gasteiger partial charge in [-0.3, -0.25) is 4.79 Å². The van der Waals surface area contributed by atoms with Gasteiger partial charge in [-0.15, -0.1) is 0 Å². The number of carbonyl (C=O) groups excluding carboxylic acids is 1. The van der Waals surface area contributed by atoms with Gasteiger partial charge in [0.2, 0.25) is 15.9 Å². The van der Waals surface area contributed by atoms with E-state index in [2.05, 4.69) is 15.5 Å². The third-order valence-corrected chi connectivity index (χ3v) is 7.16. The molecular formula is C23H32N4O4S. The van der Waals surface area contributed by atoms with Crippen LogP contribution in [0, 0.1) is 0 Å². The van der Waals surface area contributed by atoms with E-state index in [-0.39, 0.29) is 23.1 Å². The van der Waals surface area contributed by atoms with Crippen LogP contribution in [0.15, 0.2) is 47.4 Å². The van der Waals surface area contributed by atoms with Crippen molar-refractivity contribution in [2.45, 2.75) is 31.1 Å². The van der Waals surface area contributed by atoms with Crippen LogP contribution >= 0.6 is 0 Å². The molecule has 1 aliphatic rings. The van der Waals surface area contributed by atoms with E-state index >= 15 is 0 Å². The summed E-state index contributed by atoms with van der Waals surface area (Å²) in [5.74, 6) is 0.0617. The maximum Gasteiger partial charge on any atom is 0.246 e. The highest BCUT2D eigenvalue weighted by Gasteiger charge is 2.23. The lowest BCUT2D eigenvalue weighted by Crippen LogP contribution is -2.29. The first kappa shape index (κ1) is 23.9. The van der Waals surface area contributed by atoms with Gasteiger partial charge >= 0.3 is 0 Å². The summed E-state index contributed by atoms with van der Waals surface area (Å²) < 4.78 is 31.9. The summed E-state index contributed by atoms with van der Waals surface area (Å²) >= 11 is 0. The maximum atomic E-state index is 12.6. The van der Waals surface area contributed by atoms with Crippen molar-refractivity contribution < 1.29 is 17.9 Å². The predicted molar refractivity (Wildman–Crippen MR) is 128 cm³/mol. The Balaban J connectivity index is 1.62. The molecule has 1 aliphatic heterocycles. The van der Waals surface area contributed by atoms with Gasteiger partial charge in [-0.25, -0.2) is 12.7 Å². The highest BCUT2D eigenvalue weighted by Crippen LogP contribution is 2.29. The number of nitrogens with one attached hydrogen (secondary N) is 2. The highest BCUT2D eigenvalue weighted by molar-refractivity contribution is 7.89. The number of hydrogen-bond acceptors (Lipinski definition) is 6. The van der Waals surface area contributed by atoms with E-state index < -0.39 is 10.0 Å². The normalized spacial score (nSPS) is 14.3. The Labute approximate surface area is 190 Å². The molecule has 9 heteroatoms. The zero-order chi connectivity index (χ0) is 23.1. The number of carbonyl (C=O) groups is 1. The molecule has 0 saturated carbocycles. The van der Waals surface area contributed by atoms with Crippen LogP contribution in [0.4, 0.5) is 17.1 Å². The minimum atomic E-state index is -3.69. The van der Waals surface area contributed by atoms with E-state index in [9.17, 15) is 13.2 Å². The zero-order valence-corrected chi connectivity index (χ0v) is 19.7. The second-order valence-electron chi connectivity index (χ2n) is 7.88. The maximum absolute atomic E-state index is 12.6. The van der Waals surface area contributed by atoms with Crippen LogP contribution in [0.2, 0.25) is 0 Å². The fraction of sp³-hybridized carbons (Fsp3) is 0.435. The first-order valence-electron chi connectivity index (χ1n) is 10.9. The molecule has 0 bridgehead atoms. The second kappa shape index (κ2) is 10.7. The molecule has 174 valence electrons. The monoisotopic (exact) mass is 460 g/mol. The number of hydrogen-bond donors (Lipinski definition) is 2. The number of sulfonamides is 1. The van der Waals surface area contributed by atoms with Gasteiger partial charge in [-0.05, 0) is 68.7 Å².